The number of aliphatic hydroxyl groups excluding tert-OH is 1. The Morgan fingerprint density at radius 2 is 1.95 bits per heavy atom. The average molecular weight is 291 g/mol. The normalized spacial score (nSPS) is 15.2. The van der Waals surface area contributed by atoms with Crippen LogP contribution in [0.1, 0.15) is 34.8 Å². The highest BCUT2D eigenvalue weighted by Gasteiger charge is 2.16. The summed E-state index contributed by atoms with van der Waals surface area (Å²) in [6.07, 6.45) is 3.07. The highest BCUT2D eigenvalue weighted by molar-refractivity contribution is 6.31. The second-order valence-electron chi connectivity index (χ2n) is 5.31. The zero-order valence-corrected chi connectivity index (χ0v) is 11.8. The SMILES string of the molecule is OC(Cc1cccc(F)c1Cl)c1ccc2c(c1)CCC2. The molecule has 0 fully saturated rings. The zero-order chi connectivity index (χ0) is 14.1. The molecule has 1 unspecified atom stereocenters. The number of benzene rings is 2. The molecule has 0 amide bonds. The molecule has 1 N–H and O–H groups in total. The van der Waals surface area contributed by atoms with Gasteiger partial charge in [0.15, 0.2) is 0 Å². The molecule has 3 rings (SSSR count). The van der Waals surface area contributed by atoms with Crippen LogP contribution in [-0.4, -0.2) is 5.11 Å². The lowest BCUT2D eigenvalue weighted by Crippen LogP contribution is -2.03. The molecule has 0 saturated heterocycles. The van der Waals surface area contributed by atoms with Gasteiger partial charge in [0, 0.05) is 6.42 Å². The molecule has 1 nitrogen and oxygen atoms in total. The van der Waals surface area contributed by atoms with Crippen molar-refractivity contribution in [3.63, 3.8) is 0 Å². The Hall–Kier alpha value is -1.38. The van der Waals surface area contributed by atoms with E-state index in [1.165, 1.54) is 23.6 Å². The van der Waals surface area contributed by atoms with Crippen LogP contribution in [0.5, 0.6) is 0 Å². The van der Waals surface area contributed by atoms with Gasteiger partial charge in [0.25, 0.3) is 0 Å². The van der Waals surface area contributed by atoms with Gasteiger partial charge in [-0.15, -0.1) is 0 Å². The first kappa shape index (κ1) is 13.6. The third-order valence-electron chi connectivity index (χ3n) is 3.95. The van der Waals surface area contributed by atoms with E-state index in [0.717, 1.165) is 18.4 Å². The van der Waals surface area contributed by atoms with Crippen molar-refractivity contribution < 1.29 is 9.50 Å². The molecule has 2 aromatic carbocycles. The van der Waals surface area contributed by atoms with Crippen molar-refractivity contribution in [3.05, 3.63) is 69.5 Å². The maximum Gasteiger partial charge on any atom is 0.142 e. The Labute approximate surface area is 123 Å². The number of rotatable bonds is 3. The highest BCUT2D eigenvalue weighted by Crippen LogP contribution is 2.29. The van der Waals surface area contributed by atoms with Gasteiger partial charge < -0.3 is 5.11 Å². The lowest BCUT2D eigenvalue weighted by molar-refractivity contribution is 0.178. The highest BCUT2D eigenvalue weighted by atomic mass is 35.5. The third-order valence-corrected chi connectivity index (χ3v) is 4.38. The molecule has 0 saturated carbocycles. The average Bonchev–Trinajstić information content (AvgIpc) is 2.91. The number of halogens is 2. The van der Waals surface area contributed by atoms with Gasteiger partial charge in [-0.2, -0.15) is 0 Å². The van der Waals surface area contributed by atoms with Gasteiger partial charge in [0.1, 0.15) is 5.82 Å². The Bertz CT molecular complexity index is 639. The Morgan fingerprint density at radius 3 is 2.80 bits per heavy atom. The van der Waals surface area contributed by atoms with Crippen LogP contribution in [0.3, 0.4) is 0 Å². The molecule has 1 aliphatic rings. The molecule has 0 bridgehead atoms. The number of aliphatic hydroxyl groups is 1. The maximum atomic E-state index is 13.4. The van der Waals surface area contributed by atoms with Crippen LogP contribution in [0.15, 0.2) is 36.4 Å². The van der Waals surface area contributed by atoms with E-state index >= 15 is 0 Å². The number of hydrogen-bond acceptors (Lipinski definition) is 1. The number of aryl methyl sites for hydroxylation is 2. The van der Waals surface area contributed by atoms with E-state index in [-0.39, 0.29) is 5.02 Å². The van der Waals surface area contributed by atoms with Crippen molar-refractivity contribution in [1.29, 1.82) is 0 Å². The molecule has 0 heterocycles. The summed E-state index contributed by atoms with van der Waals surface area (Å²) in [6.45, 7) is 0. The van der Waals surface area contributed by atoms with Gasteiger partial charge in [-0.3, -0.25) is 0 Å². The summed E-state index contributed by atoms with van der Waals surface area (Å²) in [4.78, 5) is 0. The molecular weight excluding hydrogens is 275 g/mol. The van der Waals surface area contributed by atoms with Gasteiger partial charge >= 0.3 is 0 Å². The fourth-order valence-corrected chi connectivity index (χ4v) is 3.03. The van der Waals surface area contributed by atoms with Crippen LogP contribution in [0.25, 0.3) is 0 Å². The maximum absolute atomic E-state index is 13.4. The summed E-state index contributed by atoms with van der Waals surface area (Å²) in [5.41, 5.74) is 4.22. The molecule has 20 heavy (non-hydrogen) atoms. The second kappa shape index (κ2) is 5.55. The predicted octanol–water partition coefficient (Wildman–Crippen LogP) is 4.24. The van der Waals surface area contributed by atoms with E-state index in [2.05, 4.69) is 12.1 Å². The molecule has 0 radical (unpaired) electrons. The van der Waals surface area contributed by atoms with Crippen LogP contribution in [0, 0.1) is 5.82 Å². The summed E-state index contributed by atoms with van der Waals surface area (Å²) in [7, 11) is 0. The molecule has 0 aliphatic heterocycles. The fourth-order valence-electron chi connectivity index (χ4n) is 2.83. The van der Waals surface area contributed by atoms with Crippen molar-refractivity contribution in [3.8, 4) is 0 Å². The minimum atomic E-state index is -0.653. The first-order chi connectivity index (χ1) is 9.65. The smallest absolute Gasteiger partial charge is 0.142 e. The van der Waals surface area contributed by atoms with Crippen LogP contribution >= 0.6 is 11.6 Å². The fraction of sp³-hybridized carbons (Fsp3) is 0.294. The number of fused-ring (bicyclic) bond motifs is 1. The van der Waals surface area contributed by atoms with Gasteiger partial charge in [-0.05, 0) is 47.6 Å². The van der Waals surface area contributed by atoms with Crippen LogP contribution in [0.2, 0.25) is 5.02 Å². The van der Waals surface area contributed by atoms with Crippen molar-refractivity contribution >= 4 is 11.6 Å². The van der Waals surface area contributed by atoms with Gasteiger partial charge in [-0.1, -0.05) is 41.9 Å². The van der Waals surface area contributed by atoms with E-state index in [0.29, 0.717) is 12.0 Å². The predicted molar refractivity (Wildman–Crippen MR) is 78.5 cm³/mol. The monoisotopic (exact) mass is 290 g/mol. The van der Waals surface area contributed by atoms with Gasteiger partial charge in [-0.25, -0.2) is 4.39 Å². The van der Waals surface area contributed by atoms with E-state index in [4.69, 9.17) is 11.6 Å². The topological polar surface area (TPSA) is 20.2 Å². The van der Waals surface area contributed by atoms with Gasteiger partial charge in [0.2, 0.25) is 0 Å². The molecule has 3 heteroatoms. The molecular formula is C17H16ClFO. The summed E-state index contributed by atoms with van der Waals surface area (Å²) in [5.74, 6) is -0.440. The largest absolute Gasteiger partial charge is 0.388 e. The second-order valence-corrected chi connectivity index (χ2v) is 5.69. The van der Waals surface area contributed by atoms with Crippen molar-refractivity contribution in [2.45, 2.75) is 31.8 Å². The van der Waals surface area contributed by atoms with Crippen LogP contribution in [0.4, 0.5) is 4.39 Å². The molecule has 104 valence electrons. The molecule has 0 aromatic heterocycles. The molecule has 1 atom stereocenters. The summed E-state index contributed by atoms with van der Waals surface area (Å²) in [5, 5.41) is 10.4. The van der Waals surface area contributed by atoms with E-state index in [9.17, 15) is 9.50 Å². The summed E-state index contributed by atoms with van der Waals surface area (Å²) < 4.78 is 13.4. The van der Waals surface area contributed by atoms with E-state index in [1.807, 2.05) is 6.07 Å². The van der Waals surface area contributed by atoms with E-state index < -0.39 is 11.9 Å². The minimum Gasteiger partial charge on any atom is -0.388 e. The first-order valence-electron chi connectivity index (χ1n) is 6.88. The van der Waals surface area contributed by atoms with Crippen molar-refractivity contribution in [2.75, 3.05) is 0 Å². The first-order valence-corrected chi connectivity index (χ1v) is 7.25. The summed E-state index contributed by atoms with van der Waals surface area (Å²) in [6, 6.07) is 10.8. The van der Waals surface area contributed by atoms with Crippen molar-refractivity contribution in [2.24, 2.45) is 0 Å². The quantitative estimate of drug-likeness (QED) is 0.896. The minimum absolute atomic E-state index is 0.104. The Balaban J connectivity index is 1.82. The van der Waals surface area contributed by atoms with Crippen LogP contribution < -0.4 is 0 Å². The van der Waals surface area contributed by atoms with Gasteiger partial charge in [0.05, 0.1) is 11.1 Å². The Kier molecular flexibility index (Phi) is 3.77. The standard InChI is InChI=1S/C17H16ClFO/c18-17-14(5-2-6-15(17)19)10-16(20)13-8-7-11-3-1-4-12(11)9-13/h2,5-9,16,20H,1,3-4,10H2. The molecule has 1 aliphatic carbocycles. The van der Waals surface area contributed by atoms with Crippen LogP contribution in [-0.2, 0) is 19.3 Å². The lowest BCUT2D eigenvalue weighted by atomic mass is 9.98. The zero-order valence-electron chi connectivity index (χ0n) is 11.1. The molecule has 0 spiro atoms. The lowest BCUT2D eigenvalue weighted by Gasteiger charge is -2.14. The Morgan fingerprint density at radius 1 is 1.15 bits per heavy atom. The third kappa shape index (κ3) is 2.58. The van der Waals surface area contributed by atoms with E-state index in [1.54, 1.807) is 12.1 Å². The summed E-state index contributed by atoms with van der Waals surface area (Å²) >= 11 is 5.93. The molecule has 2 aromatic rings. The number of hydrogen-bond donors (Lipinski definition) is 1. The van der Waals surface area contributed by atoms with Crippen molar-refractivity contribution in [1.82, 2.24) is 0 Å².